The molecule has 0 radical (unpaired) electrons. The van der Waals surface area contributed by atoms with Gasteiger partial charge in [0.1, 0.15) is 97.4 Å². The molecule has 0 amide bonds. The molecule has 0 unspecified atom stereocenters. The number of sulfone groups is 2. The number of anilines is 13. The zero-order valence-electron chi connectivity index (χ0n) is 64.5. The van der Waals surface area contributed by atoms with Gasteiger partial charge in [-0.1, -0.05) is 35.3 Å². The van der Waals surface area contributed by atoms with E-state index in [0.29, 0.717) is 24.3 Å². The van der Waals surface area contributed by atoms with E-state index in [-0.39, 0.29) is 284 Å². The van der Waals surface area contributed by atoms with Crippen LogP contribution in [0.25, 0.3) is 22.6 Å². The van der Waals surface area contributed by atoms with Gasteiger partial charge in [0.25, 0.3) is 0 Å². The van der Waals surface area contributed by atoms with Crippen molar-refractivity contribution in [3.8, 4) is 23.0 Å². The van der Waals surface area contributed by atoms with Crippen molar-refractivity contribution in [2.45, 2.75) is 39.2 Å². The topological polar surface area (TPSA) is 766 Å². The number of halogens is 2. The first kappa shape index (κ1) is 116. The van der Waals surface area contributed by atoms with E-state index in [2.05, 4.69) is 90.8 Å². The maximum atomic E-state index is 13.3. The number of nitrogens with zero attached hydrogens (tertiary/aromatic N) is 8. The predicted molar refractivity (Wildman–Crippen MR) is 388 cm³/mol. The number of hydrogen-bond acceptors (Lipinski definition) is 48. The molecule has 620 valence electrons. The number of ether oxygens (including phenoxy) is 1. The molecule has 8 N–H and O–H groups in total. The van der Waals surface area contributed by atoms with Crippen LogP contribution in [0.1, 0.15) is 0 Å². The number of hydrogen-bond donors (Lipinski definition) is 8. The van der Waals surface area contributed by atoms with Gasteiger partial charge in [-0.3, -0.25) is 13.4 Å². The van der Waals surface area contributed by atoms with E-state index in [1.165, 1.54) is 30.3 Å². The third kappa shape index (κ3) is 30.4. The zero-order valence-corrected chi connectivity index (χ0v) is 90.2. The van der Waals surface area contributed by atoms with E-state index in [1.807, 2.05) is 0 Å². The molecular weight excluding hydrogens is 1980 g/mol. The van der Waals surface area contributed by atoms with Crippen LogP contribution in [0.5, 0.6) is 11.5 Å². The summed E-state index contributed by atoms with van der Waals surface area (Å²) in [7, 11) is -52.5. The van der Waals surface area contributed by atoms with Gasteiger partial charge in [-0.15, -0.1) is 0 Å². The fourth-order valence-corrected chi connectivity index (χ4v) is 17.9. The molecule has 6 aromatic carbocycles. The quantitative estimate of drug-likeness (QED) is 0.00622. The van der Waals surface area contributed by atoms with Crippen molar-refractivity contribution in [1.29, 1.82) is 0 Å². The molecule has 1 aliphatic carbocycles. The van der Waals surface area contributed by atoms with Crippen LogP contribution in [0, 0.1) is 0 Å². The minimum absolute atomic E-state index is 0. The van der Waals surface area contributed by atoms with E-state index >= 15 is 0 Å². The summed E-state index contributed by atoms with van der Waals surface area (Å²) in [5.41, 5.74) is -4.05. The number of nitrogens with one attached hydrogen (secondary N) is 8. The van der Waals surface area contributed by atoms with Crippen molar-refractivity contribution in [3.05, 3.63) is 125 Å². The Morgan fingerprint density at radius 3 is 1.25 bits per heavy atom. The van der Waals surface area contributed by atoms with Crippen molar-refractivity contribution in [1.82, 2.24) is 34.9 Å². The van der Waals surface area contributed by atoms with Gasteiger partial charge in [0.2, 0.25) is 56.5 Å². The Bertz CT molecular complexity index is 7030. The molecule has 0 saturated carbocycles. The molecule has 11 rings (SSSR count). The first-order chi connectivity index (χ1) is 53.8. The fraction of sp³-hybridized carbons (Fsp3) is 0.143. The van der Waals surface area contributed by atoms with E-state index in [9.17, 15) is 121 Å². The molecule has 8 aromatic rings. The van der Waals surface area contributed by atoms with Crippen LogP contribution in [0.2, 0.25) is 10.0 Å². The number of rotatable bonds is 33. The first-order valence-electron chi connectivity index (χ1n) is 30.9. The number of aromatic nitrogens is 7. The molecule has 0 spiro atoms. The van der Waals surface area contributed by atoms with Crippen molar-refractivity contribution < 1.29 is 375 Å². The van der Waals surface area contributed by atoms with Crippen molar-refractivity contribution in [2.24, 2.45) is 4.99 Å². The molecule has 48 nitrogen and oxygen atoms in total. The molecule has 0 fully saturated rings. The van der Waals surface area contributed by atoms with Crippen LogP contribution in [-0.4, -0.2) is 206 Å². The molecule has 2 aliphatic heterocycles. The Kier molecular flexibility index (Phi) is 43.2. The number of fused-ring (bicyclic) bond motifs is 4. The molecule has 0 saturated heterocycles. The second-order valence-electron chi connectivity index (χ2n) is 23.0. The maximum Gasteiger partial charge on any atom is 1.00 e. The van der Waals surface area contributed by atoms with Crippen LogP contribution in [-0.2, 0) is 110 Å². The van der Waals surface area contributed by atoms with Crippen LogP contribution in [0.15, 0.2) is 158 Å². The van der Waals surface area contributed by atoms with Gasteiger partial charge in [0.05, 0.1) is 88.7 Å². The van der Waals surface area contributed by atoms with Crippen molar-refractivity contribution >= 4 is 211 Å². The average molecular weight is 2030 g/mol. The summed E-state index contributed by atoms with van der Waals surface area (Å²) in [5.74, 6) is -7.26. The standard InChI is InChI=1S/C56H50Cl2N16O32S10.8Na/c57-41-44-48(106-46-36(66-44)12-14-38(50(46)114(94,95)96)60-16-18-62-52-70-54(64-28-4-2-6-30(24-28)108(77,78)22-20-104-116(100,101)102)74-56(72-52)68-34-10-8-32(110(82,83)84)26-40(34)112(88,89)90)42(58)43-47(41)105-45-35(65-43)11-13-37(49(45)113(91,92)93)59-15-17-61-51-69-53(63-27-3-1-5-29(23-27)107(75,76)21-19-103-115(97,98)99)73-55(71-51)67-33-9-7-31(109(79,80)81)25-39(33)111(85,86)87;;;;;;;;/h1-14,23-26,59,65H,15-22H2,(H,79,80,81)(H,82,83,84)(H,85,86,87)(H,88,89,90)(H,91,92,93)(H,94,95,96)(H,97,98,99)(H,100,101,102)(H3,61,63,67,69,71,73)(H3,62,64,68,70,72,74);;;;;;;;/q;8*+1/p-8. The minimum atomic E-state index is -5.66. The van der Waals surface area contributed by atoms with Gasteiger partial charge >= 0.3 is 236 Å². The monoisotopic (exact) mass is 2020 g/mol. The third-order valence-corrected chi connectivity index (χ3v) is 25.3. The van der Waals surface area contributed by atoms with Gasteiger partial charge in [0.15, 0.2) is 42.5 Å². The Morgan fingerprint density at radius 2 is 0.823 bits per heavy atom. The second kappa shape index (κ2) is 46.2. The maximum absolute atomic E-state index is 13.3. The molecule has 0 atom stereocenters. The van der Waals surface area contributed by atoms with Gasteiger partial charge < -0.3 is 88.1 Å². The molecule has 124 heavy (non-hydrogen) atoms. The summed E-state index contributed by atoms with van der Waals surface area (Å²) in [5, 5.41) is 19.3. The van der Waals surface area contributed by atoms with Crippen molar-refractivity contribution in [3.63, 3.8) is 0 Å². The third-order valence-electron chi connectivity index (χ3n) is 15.1. The molecule has 4 heterocycles. The second-order valence-corrected chi connectivity index (χ2v) is 38.2. The molecule has 2 aromatic heterocycles. The van der Waals surface area contributed by atoms with Crippen molar-refractivity contribution in [2.75, 3.05) is 93.4 Å². The summed E-state index contributed by atoms with van der Waals surface area (Å²) in [6.07, 6.45) is 0. The smallest absolute Gasteiger partial charge is 0.744 e. The Labute approximate surface area is 891 Å². The summed E-state index contributed by atoms with van der Waals surface area (Å²) >= 11 is 13.8. The van der Waals surface area contributed by atoms with Gasteiger partial charge in [-0.05, 0) is 97.1 Å². The van der Waals surface area contributed by atoms with E-state index in [4.69, 9.17) is 32.4 Å². The Morgan fingerprint density at radius 1 is 0.403 bits per heavy atom. The summed E-state index contributed by atoms with van der Waals surface area (Å²) in [6, 6.07) is 16.6. The van der Waals surface area contributed by atoms with Gasteiger partial charge in [-0.25, -0.2) is 89.2 Å². The Hall–Kier alpha value is -2.16. The normalized spacial score (nSPS) is 12.4. The SMILES string of the molecule is O=S(=O)([O-])OCCS(=O)(=O)c1cccc(Nc2nc(NCCN=c3ccc4nc5c(Cl)c6c(c(Cl)c5oc-4c3S(=O)(=O)[O-])Nc3ccc(NCCNc4nc(Nc5cccc(S(=O)(=O)CCOS(=O)(=O)[O-])c5)nc(Nc5ccc(S(=O)(=O)[O-])cc5S(=O)(=O)[O-])n4)c(S(=O)(=O)[O-])c3O6)nc(Nc3ccc(S(=O)(=O)[O-])cc3S(=O)(=O)[O-])n2)c1.[Na+].[Na+].[Na+].[Na+].[Na+].[Na+].[Na+].[Na+]. The van der Waals surface area contributed by atoms with Gasteiger partial charge in [-0.2, -0.15) is 29.9 Å². The Balaban J connectivity index is 0.00000496. The largest absolute Gasteiger partial charge is 1.00 e. The van der Waals surface area contributed by atoms with Gasteiger partial charge in [0, 0.05) is 31.0 Å². The first-order valence-corrected chi connectivity index (χ1v) is 46.1. The van der Waals surface area contributed by atoms with Crippen LogP contribution < -0.4 is 289 Å². The summed E-state index contributed by atoms with van der Waals surface area (Å²) in [6.45, 7) is -3.81. The van der Waals surface area contributed by atoms with E-state index in [1.54, 1.807) is 0 Å². The minimum Gasteiger partial charge on any atom is -0.744 e. The zero-order chi connectivity index (χ0) is 84.8. The molecule has 68 heteroatoms. The van der Waals surface area contributed by atoms with Crippen LogP contribution in [0.3, 0.4) is 0 Å². The average Bonchev–Trinajstić information content (AvgIpc) is 0.717. The van der Waals surface area contributed by atoms with E-state index in [0.717, 1.165) is 42.5 Å². The fourth-order valence-electron chi connectivity index (χ4n) is 10.3. The number of benzene rings is 7. The molecular formula is C56H42Cl2N16Na8O32S10. The molecule has 3 aliphatic rings. The van der Waals surface area contributed by atoms with Crippen LogP contribution >= 0.6 is 23.2 Å². The summed E-state index contributed by atoms with van der Waals surface area (Å²) < 4.78 is 362. The van der Waals surface area contributed by atoms with Crippen LogP contribution in [0.4, 0.5) is 75.5 Å². The molecule has 0 bridgehead atoms. The van der Waals surface area contributed by atoms with E-state index < -0.39 is 280 Å². The predicted octanol–water partition coefficient (Wildman–Crippen LogP) is -22.1. The summed E-state index contributed by atoms with van der Waals surface area (Å²) in [4.78, 5) is 25.3.